The van der Waals surface area contributed by atoms with Crippen LogP contribution >= 0.6 is 8.58 Å². The fourth-order valence-corrected chi connectivity index (χ4v) is 1.67. The first-order valence-electron chi connectivity index (χ1n) is 4.82. The molecule has 4 nitrogen and oxygen atoms in total. The molecule has 0 fully saturated rings. The molecule has 0 aliphatic heterocycles. The molecule has 0 spiro atoms. The fourth-order valence-electron chi connectivity index (χ4n) is 1.10. The van der Waals surface area contributed by atoms with E-state index in [-0.39, 0.29) is 0 Å². The van der Waals surface area contributed by atoms with Gasteiger partial charge in [-0.15, -0.1) is 0 Å². The number of nitrogens with one attached hydrogen (secondary N) is 1. The van der Waals surface area contributed by atoms with Crippen molar-refractivity contribution in [1.82, 2.24) is 9.97 Å². The van der Waals surface area contributed by atoms with Crippen LogP contribution in [-0.2, 0) is 0 Å². The Bertz CT molecular complexity index is 290. The van der Waals surface area contributed by atoms with E-state index in [1.54, 1.807) is 6.20 Å². The molecule has 1 heterocycles. The summed E-state index contributed by atoms with van der Waals surface area (Å²) in [6.45, 7) is 5.23. The molecule has 0 amide bonds. The van der Waals surface area contributed by atoms with Crippen LogP contribution < -0.4 is 16.4 Å². The number of nitrogens with zero attached hydrogens (tertiary/aromatic N) is 2. The van der Waals surface area contributed by atoms with Gasteiger partial charge in [0.2, 0.25) is 5.95 Å². The number of nitrogen functional groups attached to an aromatic ring is 1. The van der Waals surface area contributed by atoms with Crippen LogP contribution in [0.5, 0.6) is 0 Å². The van der Waals surface area contributed by atoms with Crippen LogP contribution in [0.25, 0.3) is 0 Å². The summed E-state index contributed by atoms with van der Waals surface area (Å²) in [6.07, 6.45) is 4.13. The summed E-state index contributed by atoms with van der Waals surface area (Å²) in [6, 6.07) is 0. The van der Waals surface area contributed by atoms with Crippen molar-refractivity contribution in [2.75, 3.05) is 24.3 Å². The molecule has 1 aromatic heterocycles. The highest BCUT2D eigenvalue weighted by Crippen LogP contribution is 2.11. The minimum absolute atomic E-state index is 0.339. The highest BCUT2D eigenvalue weighted by Gasteiger charge is 2.02. The van der Waals surface area contributed by atoms with E-state index in [2.05, 4.69) is 28.9 Å². The van der Waals surface area contributed by atoms with Crippen LogP contribution in [0.15, 0.2) is 6.20 Å². The fraction of sp³-hybridized carbons (Fsp3) is 0.556. The molecule has 0 aromatic carbocycles. The van der Waals surface area contributed by atoms with Gasteiger partial charge >= 0.3 is 0 Å². The lowest BCUT2D eigenvalue weighted by molar-refractivity contribution is 0.831. The quantitative estimate of drug-likeness (QED) is 0.568. The third-order valence-electron chi connectivity index (χ3n) is 1.90. The van der Waals surface area contributed by atoms with Crippen molar-refractivity contribution in [3.8, 4) is 0 Å². The van der Waals surface area contributed by atoms with E-state index in [9.17, 15) is 0 Å². The molecule has 1 rings (SSSR count). The van der Waals surface area contributed by atoms with Crippen molar-refractivity contribution in [3.05, 3.63) is 6.20 Å². The Hall–Kier alpha value is -0.890. The number of anilines is 2. The number of rotatable bonds is 5. The normalized spacial score (nSPS) is 11.0. The van der Waals surface area contributed by atoms with Gasteiger partial charge in [0.05, 0.1) is 0 Å². The molecule has 0 saturated carbocycles. The third-order valence-corrected chi connectivity index (χ3v) is 2.80. The number of aromatic nitrogens is 2. The van der Waals surface area contributed by atoms with E-state index in [1.165, 1.54) is 6.42 Å². The summed E-state index contributed by atoms with van der Waals surface area (Å²) in [7, 11) is 0.694. The average Bonchev–Trinajstić information content (AvgIpc) is 2.19. The lowest BCUT2D eigenvalue weighted by Gasteiger charge is -2.08. The molecule has 5 heteroatoms. The van der Waals surface area contributed by atoms with Gasteiger partial charge in [0, 0.05) is 18.0 Å². The van der Waals surface area contributed by atoms with Gasteiger partial charge in [-0.25, -0.2) is 4.98 Å². The van der Waals surface area contributed by atoms with Crippen LogP contribution in [0.4, 0.5) is 11.8 Å². The first-order valence-corrected chi connectivity index (χ1v) is 6.32. The van der Waals surface area contributed by atoms with E-state index < -0.39 is 0 Å². The Morgan fingerprint density at radius 1 is 1.57 bits per heavy atom. The van der Waals surface area contributed by atoms with E-state index in [1.807, 2.05) is 0 Å². The molecule has 14 heavy (non-hydrogen) atoms. The monoisotopic (exact) mass is 212 g/mol. The molecule has 0 radical (unpaired) electrons. The molecule has 3 N–H and O–H groups in total. The maximum Gasteiger partial charge on any atom is 0.221 e. The van der Waals surface area contributed by atoms with Gasteiger partial charge in [-0.2, -0.15) is 4.98 Å². The first-order chi connectivity index (χ1) is 6.77. The van der Waals surface area contributed by atoms with Gasteiger partial charge in [-0.1, -0.05) is 21.9 Å². The molecule has 0 aliphatic rings. The summed E-state index contributed by atoms with van der Waals surface area (Å²) in [5, 5.41) is 4.43. The predicted octanol–water partition coefficient (Wildman–Crippen LogP) is 1.20. The van der Waals surface area contributed by atoms with Crippen LogP contribution in [0.3, 0.4) is 0 Å². The molecule has 1 aromatic rings. The number of nitrogens with two attached hydrogens (primary N) is 1. The van der Waals surface area contributed by atoms with E-state index >= 15 is 0 Å². The summed E-state index contributed by atoms with van der Waals surface area (Å²) in [5.41, 5.74) is 5.53. The highest BCUT2D eigenvalue weighted by molar-refractivity contribution is 7.46. The highest BCUT2D eigenvalue weighted by atomic mass is 31.1. The van der Waals surface area contributed by atoms with Gasteiger partial charge in [-0.3, -0.25) is 0 Å². The van der Waals surface area contributed by atoms with Crippen molar-refractivity contribution in [3.63, 3.8) is 0 Å². The lowest BCUT2D eigenvalue weighted by atomic mass is 10.3. The van der Waals surface area contributed by atoms with Crippen LogP contribution in [0, 0.1) is 0 Å². The minimum Gasteiger partial charge on any atom is -0.369 e. The number of hydrogen-bond donors (Lipinski definition) is 2. The zero-order valence-corrected chi connectivity index (χ0v) is 9.67. The molecule has 78 valence electrons. The molecular formula is C9H17N4P. The predicted molar refractivity (Wildman–Crippen MR) is 63.7 cm³/mol. The maximum atomic E-state index is 5.53. The van der Waals surface area contributed by atoms with Gasteiger partial charge < -0.3 is 11.1 Å². The SMILES string of the molecule is CCCCNc1nc(N)ncc1PC. The van der Waals surface area contributed by atoms with Crippen molar-refractivity contribution >= 4 is 25.7 Å². The smallest absolute Gasteiger partial charge is 0.221 e. The van der Waals surface area contributed by atoms with Crippen LogP contribution in [0.2, 0.25) is 0 Å². The summed E-state index contributed by atoms with van der Waals surface area (Å²) in [4.78, 5) is 8.15. The third kappa shape index (κ3) is 3.11. The zero-order chi connectivity index (χ0) is 10.4. The Kier molecular flexibility index (Phi) is 4.60. The zero-order valence-electron chi connectivity index (χ0n) is 8.67. The van der Waals surface area contributed by atoms with E-state index in [0.717, 1.165) is 24.1 Å². The topological polar surface area (TPSA) is 63.8 Å². The molecule has 1 unspecified atom stereocenters. The first kappa shape index (κ1) is 11.2. The molecule has 1 atom stereocenters. The Morgan fingerprint density at radius 2 is 2.36 bits per heavy atom. The standard InChI is InChI=1S/C9H17N4P/c1-3-4-5-11-8-7(14-2)6-12-9(10)13-8/h6,14H,3-5H2,1-2H3,(H3,10,11,12,13). The molecular weight excluding hydrogens is 195 g/mol. The minimum atomic E-state index is 0.339. The van der Waals surface area contributed by atoms with Crippen molar-refractivity contribution < 1.29 is 0 Å². The average molecular weight is 212 g/mol. The maximum absolute atomic E-state index is 5.53. The molecule has 0 aliphatic carbocycles. The summed E-state index contributed by atoms with van der Waals surface area (Å²) in [5.74, 6) is 1.23. The lowest BCUT2D eigenvalue weighted by Crippen LogP contribution is -2.14. The van der Waals surface area contributed by atoms with Crippen molar-refractivity contribution in [2.24, 2.45) is 0 Å². The second-order valence-corrected chi connectivity index (χ2v) is 4.06. The molecule has 0 saturated heterocycles. The van der Waals surface area contributed by atoms with Crippen molar-refractivity contribution in [2.45, 2.75) is 19.8 Å². The van der Waals surface area contributed by atoms with Gasteiger partial charge in [0.1, 0.15) is 5.82 Å². The Morgan fingerprint density at radius 3 is 3.00 bits per heavy atom. The molecule has 0 bridgehead atoms. The second-order valence-electron chi connectivity index (χ2n) is 3.02. The van der Waals surface area contributed by atoms with E-state index in [4.69, 9.17) is 5.73 Å². The van der Waals surface area contributed by atoms with Crippen LogP contribution in [0.1, 0.15) is 19.8 Å². The van der Waals surface area contributed by atoms with Crippen LogP contribution in [-0.4, -0.2) is 23.2 Å². The number of unbranched alkanes of at least 4 members (excludes halogenated alkanes) is 1. The number of hydrogen-bond acceptors (Lipinski definition) is 4. The summed E-state index contributed by atoms with van der Waals surface area (Å²) < 4.78 is 0. The second kappa shape index (κ2) is 5.76. The van der Waals surface area contributed by atoms with E-state index in [0.29, 0.717) is 14.5 Å². The Labute approximate surface area is 86.5 Å². The van der Waals surface area contributed by atoms with Crippen molar-refractivity contribution in [1.29, 1.82) is 0 Å². The van der Waals surface area contributed by atoms with Gasteiger partial charge in [-0.05, 0) is 13.1 Å². The largest absolute Gasteiger partial charge is 0.369 e. The Balaban J connectivity index is 2.67. The van der Waals surface area contributed by atoms with Gasteiger partial charge in [0.15, 0.2) is 0 Å². The van der Waals surface area contributed by atoms with Gasteiger partial charge in [0.25, 0.3) is 0 Å². The summed E-state index contributed by atoms with van der Waals surface area (Å²) >= 11 is 0.